The SMILES string of the molecule is CCCCCCCC[C@]1(C#N)CC[C@H](c2ccc(OC[C@H](C)CC)cc2)CC1. The van der Waals surface area contributed by atoms with Gasteiger partial charge in [-0.05, 0) is 61.6 Å². The summed E-state index contributed by atoms with van der Waals surface area (Å²) in [6, 6.07) is 11.4. The van der Waals surface area contributed by atoms with Crippen LogP contribution < -0.4 is 4.74 Å². The molecular weight excluding hydrogens is 342 g/mol. The van der Waals surface area contributed by atoms with Gasteiger partial charge in [-0.15, -0.1) is 0 Å². The fraction of sp³-hybridized carbons (Fsp3) is 0.731. The van der Waals surface area contributed by atoms with E-state index in [0.29, 0.717) is 11.8 Å². The molecule has 2 rings (SSSR count). The average Bonchev–Trinajstić information content (AvgIpc) is 2.75. The quantitative estimate of drug-likeness (QED) is 0.342. The Morgan fingerprint density at radius 2 is 1.68 bits per heavy atom. The zero-order valence-electron chi connectivity index (χ0n) is 18.5. The monoisotopic (exact) mass is 383 g/mol. The molecule has 1 atom stereocenters. The number of benzene rings is 1. The Balaban J connectivity index is 1.77. The van der Waals surface area contributed by atoms with Crippen molar-refractivity contribution < 1.29 is 4.74 Å². The molecule has 1 saturated carbocycles. The predicted molar refractivity (Wildman–Crippen MR) is 119 cm³/mol. The molecule has 0 radical (unpaired) electrons. The number of ether oxygens (including phenoxy) is 1. The van der Waals surface area contributed by atoms with Crippen molar-refractivity contribution in [3.63, 3.8) is 0 Å². The van der Waals surface area contributed by atoms with Crippen molar-refractivity contribution in [3.05, 3.63) is 29.8 Å². The molecule has 156 valence electrons. The van der Waals surface area contributed by atoms with Gasteiger partial charge in [0.25, 0.3) is 0 Å². The van der Waals surface area contributed by atoms with Crippen molar-refractivity contribution in [1.29, 1.82) is 5.26 Å². The largest absolute Gasteiger partial charge is 0.493 e. The summed E-state index contributed by atoms with van der Waals surface area (Å²) >= 11 is 0. The van der Waals surface area contributed by atoms with Gasteiger partial charge < -0.3 is 4.74 Å². The van der Waals surface area contributed by atoms with E-state index in [1.54, 1.807) is 0 Å². The van der Waals surface area contributed by atoms with Crippen LogP contribution in [0.25, 0.3) is 0 Å². The second-order valence-corrected chi connectivity index (χ2v) is 9.08. The number of hydrogen-bond acceptors (Lipinski definition) is 2. The number of nitriles is 1. The Kier molecular flexibility index (Phi) is 9.89. The van der Waals surface area contributed by atoms with Crippen molar-refractivity contribution in [2.45, 2.75) is 104 Å². The molecule has 0 bridgehead atoms. The Morgan fingerprint density at radius 1 is 1.04 bits per heavy atom. The van der Waals surface area contributed by atoms with Crippen LogP contribution in [0.4, 0.5) is 0 Å². The highest BCUT2D eigenvalue weighted by Gasteiger charge is 2.35. The third-order valence-electron chi connectivity index (χ3n) is 6.77. The first-order chi connectivity index (χ1) is 13.6. The molecule has 1 fully saturated rings. The Bertz CT molecular complexity index is 577. The number of nitrogens with zero attached hydrogens (tertiary/aromatic N) is 1. The molecule has 2 nitrogen and oxygen atoms in total. The van der Waals surface area contributed by atoms with Gasteiger partial charge in [-0.2, -0.15) is 5.26 Å². The minimum absolute atomic E-state index is 0.0550. The summed E-state index contributed by atoms with van der Waals surface area (Å²) in [6.45, 7) is 7.48. The summed E-state index contributed by atoms with van der Waals surface area (Å²) in [4.78, 5) is 0. The van der Waals surface area contributed by atoms with Crippen LogP contribution in [0.2, 0.25) is 0 Å². The first-order valence-corrected chi connectivity index (χ1v) is 11.8. The fourth-order valence-corrected chi connectivity index (χ4v) is 4.36. The summed E-state index contributed by atoms with van der Waals surface area (Å²) in [5.74, 6) is 2.19. The standard InChI is InChI=1S/C26H41NO/c1-4-6-7-8-9-10-17-26(21-27)18-15-24(16-19-26)23-11-13-25(14-12-23)28-20-22(3)5-2/h11-14,22,24H,4-10,15-20H2,1-3H3/t22-,24-,26-/m1/s1. The van der Waals surface area contributed by atoms with Crippen LogP contribution in [-0.2, 0) is 0 Å². The van der Waals surface area contributed by atoms with Crippen LogP contribution in [-0.4, -0.2) is 6.61 Å². The Morgan fingerprint density at radius 3 is 2.29 bits per heavy atom. The summed E-state index contributed by atoms with van der Waals surface area (Å²) in [7, 11) is 0. The molecule has 0 aliphatic heterocycles. The molecule has 0 heterocycles. The van der Waals surface area contributed by atoms with Gasteiger partial charge in [-0.25, -0.2) is 0 Å². The zero-order valence-corrected chi connectivity index (χ0v) is 18.5. The molecule has 0 unspecified atom stereocenters. The Labute approximate surface area is 173 Å². The molecule has 28 heavy (non-hydrogen) atoms. The van der Waals surface area contributed by atoms with Crippen molar-refractivity contribution in [1.82, 2.24) is 0 Å². The maximum Gasteiger partial charge on any atom is 0.119 e. The van der Waals surface area contributed by atoms with Crippen molar-refractivity contribution in [3.8, 4) is 11.8 Å². The minimum atomic E-state index is -0.0550. The molecule has 1 aromatic carbocycles. The lowest BCUT2D eigenvalue weighted by atomic mass is 9.67. The number of unbranched alkanes of at least 4 members (excludes halogenated alkanes) is 5. The molecule has 0 amide bonds. The molecule has 0 spiro atoms. The van der Waals surface area contributed by atoms with Gasteiger partial charge in [0, 0.05) is 0 Å². The number of hydrogen-bond donors (Lipinski definition) is 0. The zero-order chi connectivity index (χ0) is 20.2. The van der Waals surface area contributed by atoms with E-state index in [0.717, 1.165) is 50.9 Å². The normalized spacial score (nSPS) is 23.1. The predicted octanol–water partition coefficient (Wildman–Crippen LogP) is 8.03. The van der Waals surface area contributed by atoms with E-state index < -0.39 is 0 Å². The summed E-state index contributed by atoms with van der Waals surface area (Å²) in [6.07, 6.45) is 14.6. The van der Waals surface area contributed by atoms with E-state index in [-0.39, 0.29) is 5.41 Å². The topological polar surface area (TPSA) is 33.0 Å². The van der Waals surface area contributed by atoms with Crippen LogP contribution in [0, 0.1) is 22.7 Å². The number of rotatable bonds is 12. The van der Waals surface area contributed by atoms with Gasteiger partial charge in [-0.1, -0.05) is 77.8 Å². The average molecular weight is 384 g/mol. The van der Waals surface area contributed by atoms with E-state index in [1.165, 1.54) is 44.1 Å². The van der Waals surface area contributed by atoms with E-state index >= 15 is 0 Å². The highest BCUT2D eigenvalue weighted by molar-refractivity contribution is 5.30. The Hall–Kier alpha value is -1.49. The van der Waals surface area contributed by atoms with Crippen LogP contribution in [0.3, 0.4) is 0 Å². The van der Waals surface area contributed by atoms with Crippen LogP contribution >= 0.6 is 0 Å². The molecule has 1 aromatic rings. The maximum absolute atomic E-state index is 9.83. The highest BCUT2D eigenvalue weighted by Crippen LogP contribution is 2.45. The maximum atomic E-state index is 9.83. The lowest BCUT2D eigenvalue weighted by Crippen LogP contribution is -2.25. The highest BCUT2D eigenvalue weighted by atomic mass is 16.5. The fourth-order valence-electron chi connectivity index (χ4n) is 4.36. The summed E-state index contributed by atoms with van der Waals surface area (Å²) in [5, 5.41) is 9.83. The minimum Gasteiger partial charge on any atom is -0.493 e. The van der Waals surface area contributed by atoms with Gasteiger partial charge in [0.15, 0.2) is 0 Å². The van der Waals surface area contributed by atoms with Crippen LogP contribution in [0.15, 0.2) is 24.3 Å². The van der Waals surface area contributed by atoms with E-state index in [4.69, 9.17) is 4.74 Å². The summed E-state index contributed by atoms with van der Waals surface area (Å²) in [5.41, 5.74) is 1.36. The smallest absolute Gasteiger partial charge is 0.119 e. The van der Waals surface area contributed by atoms with E-state index in [2.05, 4.69) is 51.1 Å². The molecule has 0 aromatic heterocycles. The van der Waals surface area contributed by atoms with Gasteiger partial charge in [0.2, 0.25) is 0 Å². The van der Waals surface area contributed by atoms with Crippen molar-refractivity contribution in [2.75, 3.05) is 6.61 Å². The third-order valence-corrected chi connectivity index (χ3v) is 6.77. The van der Waals surface area contributed by atoms with E-state index in [1.807, 2.05) is 0 Å². The third kappa shape index (κ3) is 7.16. The van der Waals surface area contributed by atoms with Gasteiger partial charge >= 0.3 is 0 Å². The first-order valence-electron chi connectivity index (χ1n) is 11.8. The van der Waals surface area contributed by atoms with Gasteiger partial charge in [-0.3, -0.25) is 0 Å². The molecule has 1 aliphatic carbocycles. The molecule has 0 N–H and O–H groups in total. The second-order valence-electron chi connectivity index (χ2n) is 9.08. The molecule has 0 saturated heterocycles. The molecular formula is C26H41NO. The summed E-state index contributed by atoms with van der Waals surface area (Å²) < 4.78 is 5.89. The lowest BCUT2D eigenvalue weighted by molar-refractivity contribution is 0.222. The first kappa shape index (κ1) is 22.8. The lowest BCUT2D eigenvalue weighted by Gasteiger charge is -2.35. The van der Waals surface area contributed by atoms with Crippen molar-refractivity contribution in [2.24, 2.45) is 11.3 Å². The molecule has 1 aliphatic rings. The van der Waals surface area contributed by atoms with Gasteiger partial charge in [0.1, 0.15) is 5.75 Å². The van der Waals surface area contributed by atoms with Crippen LogP contribution in [0.5, 0.6) is 5.75 Å². The van der Waals surface area contributed by atoms with Crippen LogP contribution in [0.1, 0.15) is 109 Å². The van der Waals surface area contributed by atoms with Crippen molar-refractivity contribution >= 4 is 0 Å². The second kappa shape index (κ2) is 12.2. The van der Waals surface area contributed by atoms with Gasteiger partial charge in [0.05, 0.1) is 18.1 Å². The molecule has 2 heteroatoms. The van der Waals surface area contributed by atoms with E-state index in [9.17, 15) is 5.26 Å².